The van der Waals surface area contributed by atoms with Crippen LogP contribution in [0.5, 0.6) is 5.75 Å². The van der Waals surface area contributed by atoms with Crippen molar-refractivity contribution < 1.29 is 19.4 Å². The number of ether oxygens (including phenoxy) is 2. The third-order valence-electron chi connectivity index (χ3n) is 4.23. The number of carboxylic acids is 1. The average Bonchev–Trinajstić information content (AvgIpc) is 2.99. The van der Waals surface area contributed by atoms with Crippen molar-refractivity contribution in [2.24, 2.45) is 5.92 Å². The third kappa shape index (κ3) is 3.54. The molecule has 2 heterocycles. The highest BCUT2D eigenvalue weighted by atomic mass is 16.5. The van der Waals surface area contributed by atoms with Crippen LogP contribution in [0.25, 0.3) is 0 Å². The molecule has 2 unspecified atom stereocenters. The van der Waals surface area contributed by atoms with Gasteiger partial charge in [-0.1, -0.05) is 12.1 Å². The van der Waals surface area contributed by atoms with Crippen LogP contribution >= 0.6 is 0 Å². The van der Waals surface area contributed by atoms with E-state index in [2.05, 4.69) is 5.32 Å². The molecule has 5 nitrogen and oxygen atoms in total. The van der Waals surface area contributed by atoms with E-state index in [1.54, 1.807) is 0 Å². The molecule has 0 spiro atoms. The van der Waals surface area contributed by atoms with E-state index in [0.29, 0.717) is 13.0 Å². The molecular formula is C16H21NO4. The van der Waals surface area contributed by atoms with E-state index in [9.17, 15) is 4.79 Å². The van der Waals surface area contributed by atoms with E-state index >= 15 is 0 Å². The Hall–Kier alpha value is -1.59. The van der Waals surface area contributed by atoms with Gasteiger partial charge in [0.2, 0.25) is 0 Å². The van der Waals surface area contributed by atoms with Crippen molar-refractivity contribution >= 4 is 5.97 Å². The number of carbonyl (C=O) groups is 1. The average molecular weight is 291 g/mol. The lowest BCUT2D eigenvalue weighted by Gasteiger charge is -2.23. The molecule has 1 aromatic rings. The van der Waals surface area contributed by atoms with E-state index in [1.165, 1.54) is 0 Å². The number of benzene rings is 1. The van der Waals surface area contributed by atoms with Crippen LogP contribution in [0.3, 0.4) is 0 Å². The zero-order valence-corrected chi connectivity index (χ0v) is 12.0. The number of rotatable bonds is 4. The van der Waals surface area contributed by atoms with Gasteiger partial charge in [-0.2, -0.15) is 0 Å². The van der Waals surface area contributed by atoms with Crippen LogP contribution in [0.1, 0.15) is 30.9 Å². The topological polar surface area (TPSA) is 67.8 Å². The molecule has 2 atom stereocenters. The molecule has 2 saturated heterocycles. The van der Waals surface area contributed by atoms with Crippen molar-refractivity contribution in [2.75, 3.05) is 19.8 Å². The van der Waals surface area contributed by atoms with Gasteiger partial charge >= 0.3 is 5.97 Å². The molecule has 2 fully saturated rings. The van der Waals surface area contributed by atoms with Gasteiger partial charge in [0.15, 0.2) is 0 Å². The second-order valence-corrected chi connectivity index (χ2v) is 5.73. The smallest absolute Gasteiger partial charge is 0.307 e. The maximum Gasteiger partial charge on any atom is 0.307 e. The highest BCUT2D eigenvalue weighted by Crippen LogP contribution is 2.29. The van der Waals surface area contributed by atoms with Crippen LogP contribution in [0.2, 0.25) is 0 Å². The van der Waals surface area contributed by atoms with Crippen LogP contribution in [0.4, 0.5) is 0 Å². The van der Waals surface area contributed by atoms with Gasteiger partial charge in [0.05, 0.1) is 19.1 Å². The number of hydrogen-bond donors (Lipinski definition) is 2. The number of aliphatic carboxylic acids is 1. The first-order valence-electron chi connectivity index (χ1n) is 7.53. The molecule has 114 valence electrons. The second-order valence-electron chi connectivity index (χ2n) is 5.73. The molecule has 2 N–H and O–H groups in total. The minimum Gasteiger partial charge on any atom is -0.490 e. The standard InChI is InChI=1S/C16H21NO4/c18-16(19)12-9-15(17-10-12)11-1-3-13(4-2-11)21-14-5-7-20-8-6-14/h1-4,12,14-15,17H,5-10H2,(H,18,19). The Morgan fingerprint density at radius 1 is 1.24 bits per heavy atom. The molecule has 0 bridgehead atoms. The van der Waals surface area contributed by atoms with Crippen LogP contribution < -0.4 is 10.1 Å². The second kappa shape index (κ2) is 6.45. The monoisotopic (exact) mass is 291 g/mol. The first-order chi connectivity index (χ1) is 10.2. The minimum atomic E-state index is -0.718. The van der Waals surface area contributed by atoms with E-state index in [1.807, 2.05) is 24.3 Å². The highest BCUT2D eigenvalue weighted by molar-refractivity contribution is 5.70. The van der Waals surface area contributed by atoms with E-state index in [4.69, 9.17) is 14.6 Å². The zero-order valence-electron chi connectivity index (χ0n) is 12.0. The number of hydrogen-bond acceptors (Lipinski definition) is 4. The Kier molecular flexibility index (Phi) is 4.41. The molecule has 3 rings (SSSR count). The molecule has 21 heavy (non-hydrogen) atoms. The Balaban J connectivity index is 1.58. The zero-order chi connectivity index (χ0) is 14.7. The normalized spacial score (nSPS) is 26.7. The van der Waals surface area contributed by atoms with Crippen LogP contribution in [0, 0.1) is 5.92 Å². The van der Waals surface area contributed by atoms with Gasteiger partial charge in [-0.05, 0) is 24.1 Å². The number of carboxylic acid groups (broad SMARTS) is 1. The Labute approximate surface area is 124 Å². The van der Waals surface area contributed by atoms with Gasteiger partial charge in [-0.15, -0.1) is 0 Å². The molecule has 1 aromatic carbocycles. The summed E-state index contributed by atoms with van der Waals surface area (Å²) in [5, 5.41) is 12.3. The molecular weight excluding hydrogens is 270 g/mol. The summed E-state index contributed by atoms with van der Waals surface area (Å²) in [6.45, 7) is 2.08. The van der Waals surface area contributed by atoms with Crippen molar-refractivity contribution in [1.29, 1.82) is 0 Å². The summed E-state index contributed by atoms with van der Waals surface area (Å²) in [5.74, 6) is -0.129. The largest absolute Gasteiger partial charge is 0.490 e. The summed E-state index contributed by atoms with van der Waals surface area (Å²) in [4.78, 5) is 11.0. The van der Waals surface area contributed by atoms with Gasteiger partial charge in [0, 0.05) is 25.4 Å². The van der Waals surface area contributed by atoms with Crippen LogP contribution in [-0.4, -0.2) is 36.9 Å². The van der Waals surface area contributed by atoms with Crippen molar-refractivity contribution in [3.05, 3.63) is 29.8 Å². The van der Waals surface area contributed by atoms with E-state index in [-0.39, 0.29) is 18.1 Å². The minimum absolute atomic E-state index is 0.128. The third-order valence-corrected chi connectivity index (χ3v) is 4.23. The van der Waals surface area contributed by atoms with Crippen molar-refractivity contribution in [3.8, 4) is 5.75 Å². The lowest BCUT2D eigenvalue weighted by molar-refractivity contribution is -0.141. The Morgan fingerprint density at radius 2 is 1.95 bits per heavy atom. The van der Waals surface area contributed by atoms with Gasteiger partial charge in [0.1, 0.15) is 11.9 Å². The maximum atomic E-state index is 11.0. The summed E-state index contributed by atoms with van der Waals surface area (Å²) >= 11 is 0. The number of nitrogens with one attached hydrogen (secondary N) is 1. The fourth-order valence-corrected chi connectivity index (χ4v) is 2.94. The van der Waals surface area contributed by atoms with Crippen LogP contribution in [0.15, 0.2) is 24.3 Å². The lowest BCUT2D eigenvalue weighted by atomic mass is 10.0. The first kappa shape index (κ1) is 14.4. The molecule has 0 aromatic heterocycles. The van der Waals surface area contributed by atoms with Gasteiger partial charge in [-0.3, -0.25) is 4.79 Å². The van der Waals surface area contributed by atoms with E-state index in [0.717, 1.165) is 37.4 Å². The molecule has 0 saturated carbocycles. The molecule has 0 aliphatic carbocycles. The summed E-state index contributed by atoms with van der Waals surface area (Å²) < 4.78 is 11.3. The van der Waals surface area contributed by atoms with E-state index < -0.39 is 5.97 Å². The van der Waals surface area contributed by atoms with Gasteiger partial charge < -0.3 is 19.9 Å². The SMILES string of the molecule is O=C(O)C1CNC(c2ccc(OC3CCOCC3)cc2)C1. The Bertz CT molecular complexity index is 482. The van der Waals surface area contributed by atoms with Gasteiger partial charge in [0.25, 0.3) is 0 Å². The Morgan fingerprint density at radius 3 is 2.57 bits per heavy atom. The molecule has 2 aliphatic rings. The fourth-order valence-electron chi connectivity index (χ4n) is 2.94. The predicted octanol–water partition coefficient (Wildman–Crippen LogP) is 1.98. The van der Waals surface area contributed by atoms with Gasteiger partial charge in [-0.25, -0.2) is 0 Å². The highest BCUT2D eigenvalue weighted by Gasteiger charge is 2.30. The summed E-state index contributed by atoms with van der Waals surface area (Å²) in [6.07, 6.45) is 2.76. The maximum absolute atomic E-state index is 11.0. The molecule has 5 heteroatoms. The summed E-state index contributed by atoms with van der Waals surface area (Å²) in [5.41, 5.74) is 1.12. The lowest BCUT2D eigenvalue weighted by Crippen LogP contribution is -2.25. The van der Waals surface area contributed by atoms with Crippen LogP contribution in [-0.2, 0) is 9.53 Å². The quantitative estimate of drug-likeness (QED) is 0.888. The predicted molar refractivity (Wildman–Crippen MR) is 77.4 cm³/mol. The first-order valence-corrected chi connectivity index (χ1v) is 7.53. The molecule has 0 radical (unpaired) electrons. The summed E-state index contributed by atoms with van der Waals surface area (Å²) in [6, 6.07) is 8.12. The fraction of sp³-hybridized carbons (Fsp3) is 0.562. The van der Waals surface area contributed by atoms with Crippen molar-refractivity contribution in [2.45, 2.75) is 31.4 Å². The molecule has 2 aliphatic heterocycles. The van der Waals surface area contributed by atoms with Crippen molar-refractivity contribution in [3.63, 3.8) is 0 Å². The molecule has 0 amide bonds. The van der Waals surface area contributed by atoms with Crippen molar-refractivity contribution in [1.82, 2.24) is 5.32 Å². The summed E-state index contributed by atoms with van der Waals surface area (Å²) in [7, 11) is 0.